The molecule has 5 aliphatic heterocycles. The van der Waals surface area contributed by atoms with Gasteiger partial charge >= 0.3 is 17.9 Å². The maximum absolute atomic E-state index is 15.0. The van der Waals surface area contributed by atoms with E-state index in [4.69, 9.17) is 71.4 Å². The SMILES string of the molecule is COC(C(=O)C(O)C(C)O)C1Cc2cc3cc(OC4CC(OC(C)=O)C(OC5CC(O)C(OCC(=O)O)C(C)O5)C(C)O4)cc(O)c3c(O)c2C(=O)C1OC1CC(OC2CC(OC3CC(C)(O)C(OC(=O)C(C)C)C(C)O3)C(O)CO2)C(O)C(C)O1. The lowest BCUT2D eigenvalue weighted by molar-refractivity contribution is -0.325. The van der Waals surface area contributed by atoms with E-state index >= 15 is 4.79 Å². The Bertz CT molecular complexity index is 2710. The van der Waals surface area contributed by atoms with E-state index < -0.39 is 200 Å². The van der Waals surface area contributed by atoms with Crippen LogP contribution in [-0.2, 0) is 87.2 Å². The number of hydrogen-bond donors (Lipinski definition) is 9. The average molecular weight is 1230 g/mol. The monoisotopic (exact) mass is 1230 g/mol. The Kier molecular flexibility index (Phi) is 21.8. The lowest BCUT2D eigenvalue weighted by Gasteiger charge is -2.46. The molecule has 28 heteroatoms. The smallest absolute Gasteiger partial charge is 0.329 e. The molecule has 28 nitrogen and oxygen atoms in total. The number of phenols is 2. The Balaban J connectivity index is 0.990. The van der Waals surface area contributed by atoms with E-state index in [0.717, 1.165) is 7.11 Å². The largest absolute Gasteiger partial charge is 0.507 e. The molecular weight excluding hydrogens is 1140 g/mol. The van der Waals surface area contributed by atoms with Crippen molar-refractivity contribution in [2.24, 2.45) is 11.8 Å². The van der Waals surface area contributed by atoms with Crippen molar-refractivity contribution in [2.75, 3.05) is 20.3 Å². The van der Waals surface area contributed by atoms with Gasteiger partial charge in [0.1, 0.15) is 78.3 Å². The summed E-state index contributed by atoms with van der Waals surface area (Å²) in [6, 6.07) is 4.09. The molecule has 5 heterocycles. The molecule has 86 heavy (non-hydrogen) atoms. The summed E-state index contributed by atoms with van der Waals surface area (Å²) in [4.78, 5) is 64.9. The summed E-state index contributed by atoms with van der Waals surface area (Å²) < 4.78 is 83.6. The van der Waals surface area contributed by atoms with E-state index in [-0.39, 0.29) is 72.8 Å². The van der Waals surface area contributed by atoms with Crippen LogP contribution >= 0.6 is 0 Å². The number of phenolic OH excluding ortho intramolecular Hbond substituents is 2. The van der Waals surface area contributed by atoms with Gasteiger partial charge in [0.05, 0.1) is 72.3 Å². The van der Waals surface area contributed by atoms with Gasteiger partial charge in [0, 0.05) is 58.1 Å². The third-order valence-electron chi connectivity index (χ3n) is 16.4. The van der Waals surface area contributed by atoms with E-state index in [0.29, 0.717) is 0 Å². The van der Waals surface area contributed by atoms with E-state index in [1.54, 1.807) is 34.6 Å². The van der Waals surface area contributed by atoms with E-state index in [1.807, 2.05) is 0 Å². The third-order valence-corrected chi connectivity index (χ3v) is 16.4. The number of benzene rings is 2. The van der Waals surface area contributed by atoms with Gasteiger partial charge in [-0.1, -0.05) is 13.8 Å². The zero-order chi connectivity index (χ0) is 63.0. The second kappa shape index (κ2) is 27.9. The minimum atomic E-state index is -1.98. The number of ether oxygens (including phenoxy) is 14. The molecule has 2 aromatic carbocycles. The topological polar surface area (TPSA) is 397 Å². The molecule has 5 fully saturated rings. The first kappa shape index (κ1) is 67.1. The normalized spacial score (nSPS) is 37.9. The molecule has 0 radical (unpaired) electrons. The first-order chi connectivity index (χ1) is 40.4. The van der Waals surface area contributed by atoms with Crippen molar-refractivity contribution >= 4 is 40.2 Å². The molecule has 2 aromatic rings. The number of carbonyl (C=O) groups excluding carboxylic acids is 4. The van der Waals surface area contributed by atoms with Gasteiger partial charge in [-0.3, -0.25) is 19.2 Å². The summed E-state index contributed by atoms with van der Waals surface area (Å²) in [5, 5.41) is 98.4. The highest BCUT2D eigenvalue weighted by molar-refractivity contribution is 6.11. The molecular formula is C58H82O28. The number of rotatable bonds is 21. The van der Waals surface area contributed by atoms with Crippen LogP contribution in [0.5, 0.6) is 17.2 Å². The summed E-state index contributed by atoms with van der Waals surface area (Å²) in [6.45, 7) is 12.6. The van der Waals surface area contributed by atoms with Crippen molar-refractivity contribution in [3.05, 3.63) is 29.3 Å². The molecule has 0 bridgehead atoms. The van der Waals surface area contributed by atoms with Crippen LogP contribution < -0.4 is 4.74 Å². The number of carboxylic acid groups (broad SMARTS) is 1. The van der Waals surface area contributed by atoms with Gasteiger partial charge in [0.25, 0.3) is 0 Å². The molecule has 0 spiro atoms. The number of aliphatic hydroxyl groups excluding tert-OH is 5. The Morgan fingerprint density at radius 2 is 1.37 bits per heavy atom. The second-order valence-electron chi connectivity index (χ2n) is 23.7. The Hall–Kier alpha value is -4.83. The minimum Gasteiger partial charge on any atom is -0.507 e. The van der Waals surface area contributed by atoms with Gasteiger partial charge in [-0.05, 0) is 71.0 Å². The van der Waals surface area contributed by atoms with Gasteiger partial charge in [-0.15, -0.1) is 0 Å². The molecule has 0 saturated carbocycles. The first-order valence-electron chi connectivity index (χ1n) is 28.9. The number of methoxy groups -OCH3 is 1. The highest BCUT2D eigenvalue weighted by atomic mass is 16.7. The number of carboxylic acids is 1. The number of aromatic hydroxyl groups is 2. The molecule has 9 N–H and O–H groups in total. The first-order valence-corrected chi connectivity index (χ1v) is 28.9. The van der Waals surface area contributed by atoms with E-state index in [1.165, 1.54) is 45.9 Å². The number of hydrogen-bond acceptors (Lipinski definition) is 27. The van der Waals surface area contributed by atoms with Crippen LogP contribution in [0.15, 0.2) is 18.2 Å². The third kappa shape index (κ3) is 15.2. The molecule has 1 aliphatic carbocycles. The van der Waals surface area contributed by atoms with Crippen molar-refractivity contribution in [3.8, 4) is 17.2 Å². The van der Waals surface area contributed by atoms with Gasteiger partial charge in [-0.2, -0.15) is 0 Å². The lowest BCUT2D eigenvalue weighted by atomic mass is 9.75. The van der Waals surface area contributed by atoms with Crippen molar-refractivity contribution in [1.82, 2.24) is 0 Å². The van der Waals surface area contributed by atoms with Gasteiger partial charge < -0.3 is 112 Å². The van der Waals surface area contributed by atoms with Crippen LogP contribution in [-0.4, -0.2) is 237 Å². The van der Waals surface area contributed by atoms with Crippen molar-refractivity contribution in [1.29, 1.82) is 0 Å². The Morgan fingerprint density at radius 3 is 2.01 bits per heavy atom. The van der Waals surface area contributed by atoms with Gasteiger partial charge in [0.15, 0.2) is 42.8 Å². The number of carbonyl (C=O) groups is 5. The summed E-state index contributed by atoms with van der Waals surface area (Å²) in [7, 11) is 1.16. The number of aliphatic hydroxyl groups is 6. The Morgan fingerprint density at radius 1 is 0.744 bits per heavy atom. The number of ketones is 2. The molecule has 6 aliphatic rings. The Labute approximate surface area is 495 Å². The summed E-state index contributed by atoms with van der Waals surface area (Å²) >= 11 is 0. The lowest BCUT2D eigenvalue weighted by Crippen LogP contribution is -2.58. The van der Waals surface area contributed by atoms with Crippen LogP contribution in [0.2, 0.25) is 0 Å². The molecule has 8 rings (SSSR count). The zero-order valence-corrected chi connectivity index (χ0v) is 49.5. The van der Waals surface area contributed by atoms with Crippen molar-refractivity contribution in [3.63, 3.8) is 0 Å². The highest BCUT2D eigenvalue weighted by Gasteiger charge is 2.52. The predicted octanol–water partition coefficient (Wildman–Crippen LogP) is 0.940. The van der Waals surface area contributed by atoms with Crippen LogP contribution in [0.3, 0.4) is 0 Å². The molecule has 0 aromatic heterocycles. The number of Topliss-reactive ketones (excluding diaryl/α,β-unsaturated/α-hetero) is 2. The maximum Gasteiger partial charge on any atom is 0.329 e. The average Bonchev–Trinajstić information content (AvgIpc) is 0.780. The fourth-order valence-electron chi connectivity index (χ4n) is 12.2. The number of aliphatic carboxylic acids is 1. The molecule has 24 atom stereocenters. The van der Waals surface area contributed by atoms with Crippen LogP contribution in [0.4, 0.5) is 0 Å². The summed E-state index contributed by atoms with van der Waals surface area (Å²) in [5.74, 6) is -7.24. The summed E-state index contributed by atoms with van der Waals surface area (Å²) in [5.41, 5.74) is -1.71. The van der Waals surface area contributed by atoms with Crippen LogP contribution in [0.1, 0.15) is 110 Å². The quantitative estimate of drug-likeness (QED) is 0.0785. The summed E-state index contributed by atoms with van der Waals surface area (Å²) in [6.07, 6.45) is -26.6. The zero-order valence-electron chi connectivity index (χ0n) is 49.5. The minimum absolute atomic E-state index is 0.000595. The van der Waals surface area contributed by atoms with Crippen molar-refractivity contribution < 1.29 is 136 Å². The highest BCUT2D eigenvalue weighted by Crippen LogP contribution is 2.46. The van der Waals surface area contributed by atoms with Crippen LogP contribution in [0, 0.1) is 11.8 Å². The number of esters is 2. The molecule has 5 saturated heterocycles. The predicted molar refractivity (Wildman–Crippen MR) is 289 cm³/mol. The molecule has 24 unspecified atom stereocenters. The van der Waals surface area contributed by atoms with Gasteiger partial charge in [0.2, 0.25) is 6.29 Å². The van der Waals surface area contributed by atoms with Gasteiger partial charge in [-0.25, -0.2) is 4.79 Å². The fraction of sp³-hybridized carbons (Fsp3) is 0.741. The molecule has 0 amide bonds. The molecule has 482 valence electrons. The maximum atomic E-state index is 15.0. The van der Waals surface area contributed by atoms with Crippen molar-refractivity contribution in [2.45, 2.75) is 242 Å². The standard InChI is InChI=1S/C58H82O28/c1-22(2)57(71)86-56-27(7)79-44(19-58(56,9)72)82-36-16-40(74-20-35(36)63)83-37-17-43(76-24(4)48(37)67)85-55-32(54(73-10)51(70)47(66)23(3)59)13-30-11-29-12-31(14-33(61)45(29)49(68)46(30)50(55)69)81-42-18-38(80-28(8)60)53(26(6)78-42)84-41-15-34(62)52(25(5)77-41)75-21-39(64)65/h11-12,14,22-27,32,34-38,40-44,47-48,52-56,59,61-63,66-68,72H,13,15-21H2,1-10H3,(H,64,65). The van der Waals surface area contributed by atoms with E-state index in [9.17, 15) is 60.0 Å². The fourth-order valence-corrected chi connectivity index (χ4v) is 12.2. The second-order valence-corrected chi connectivity index (χ2v) is 23.7. The van der Waals surface area contributed by atoms with E-state index in [2.05, 4.69) is 0 Å². The van der Waals surface area contributed by atoms with Crippen LogP contribution in [0.25, 0.3) is 10.8 Å². The number of fused-ring (bicyclic) bond motifs is 2.